The Morgan fingerprint density at radius 2 is 1.96 bits per heavy atom. The first-order chi connectivity index (χ1) is 13.0. The fourth-order valence-electron chi connectivity index (χ4n) is 3.76. The number of likely N-dealkylation sites (tertiary alicyclic amines) is 1. The van der Waals surface area contributed by atoms with Gasteiger partial charge in [-0.15, -0.1) is 11.3 Å². The first-order valence-electron chi connectivity index (χ1n) is 9.85. The molecule has 1 atom stereocenters. The third kappa shape index (κ3) is 5.73. The molecule has 8 heteroatoms. The molecule has 1 amide bonds. The van der Waals surface area contributed by atoms with E-state index in [1.165, 1.54) is 0 Å². The third-order valence-electron chi connectivity index (χ3n) is 5.27. The summed E-state index contributed by atoms with van der Waals surface area (Å²) in [6.45, 7) is 10.5. The number of piperazine rings is 1. The van der Waals surface area contributed by atoms with Gasteiger partial charge in [0.05, 0.1) is 29.8 Å². The number of aromatic nitrogens is 1. The number of esters is 1. The number of hydrogen-bond acceptors (Lipinski definition) is 7. The average molecular weight is 395 g/mol. The molecule has 3 heterocycles. The van der Waals surface area contributed by atoms with Crippen LogP contribution in [0.4, 0.5) is 0 Å². The van der Waals surface area contributed by atoms with Crippen molar-refractivity contribution in [3.63, 3.8) is 0 Å². The van der Waals surface area contributed by atoms with Crippen molar-refractivity contribution in [1.29, 1.82) is 0 Å². The molecule has 0 spiro atoms. The lowest BCUT2D eigenvalue weighted by Gasteiger charge is -2.36. The minimum Gasteiger partial charge on any atom is -0.466 e. The molecule has 2 saturated heterocycles. The Labute approximate surface area is 165 Å². The Balaban J connectivity index is 1.41. The summed E-state index contributed by atoms with van der Waals surface area (Å²) >= 11 is 1.69. The van der Waals surface area contributed by atoms with E-state index in [-0.39, 0.29) is 17.8 Å². The van der Waals surface area contributed by atoms with Crippen LogP contribution in [0.3, 0.4) is 0 Å². The Morgan fingerprint density at radius 3 is 2.63 bits per heavy atom. The van der Waals surface area contributed by atoms with E-state index in [1.807, 2.05) is 18.7 Å². The zero-order valence-electron chi connectivity index (χ0n) is 16.4. The molecule has 0 radical (unpaired) electrons. The number of ether oxygens (including phenoxy) is 1. The second-order valence-electron chi connectivity index (χ2n) is 7.34. The number of carbonyl (C=O) groups is 2. The number of thiazole rings is 1. The van der Waals surface area contributed by atoms with Crippen LogP contribution in [0.2, 0.25) is 0 Å². The highest BCUT2D eigenvalue weighted by atomic mass is 32.1. The maximum absolute atomic E-state index is 12.7. The molecule has 1 aromatic heterocycles. The SMILES string of the molecule is CCOC(=O)C1CCCN(C(=O)CN2CCN(Cc3csc(C)n3)CC2)C1. The summed E-state index contributed by atoms with van der Waals surface area (Å²) in [6, 6.07) is 0. The molecule has 1 unspecified atom stereocenters. The van der Waals surface area contributed by atoms with Gasteiger partial charge in [0.2, 0.25) is 5.91 Å². The second kappa shape index (κ2) is 9.61. The molecule has 2 aliphatic rings. The number of amides is 1. The minimum atomic E-state index is -0.166. The molecule has 0 saturated carbocycles. The third-order valence-corrected chi connectivity index (χ3v) is 6.09. The van der Waals surface area contributed by atoms with E-state index < -0.39 is 0 Å². The van der Waals surface area contributed by atoms with Gasteiger partial charge in [-0.1, -0.05) is 0 Å². The van der Waals surface area contributed by atoms with Crippen LogP contribution < -0.4 is 0 Å². The summed E-state index contributed by atoms with van der Waals surface area (Å²) in [5.41, 5.74) is 1.14. The molecule has 0 bridgehead atoms. The molecule has 2 fully saturated rings. The number of rotatable bonds is 6. The van der Waals surface area contributed by atoms with Gasteiger partial charge >= 0.3 is 5.97 Å². The van der Waals surface area contributed by atoms with Crippen molar-refractivity contribution in [3.05, 3.63) is 16.1 Å². The van der Waals surface area contributed by atoms with Crippen LogP contribution in [-0.4, -0.2) is 84.0 Å². The van der Waals surface area contributed by atoms with Crippen LogP contribution in [0.25, 0.3) is 0 Å². The molecule has 2 aliphatic heterocycles. The van der Waals surface area contributed by atoms with Gasteiger partial charge in [0.1, 0.15) is 0 Å². The minimum absolute atomic E-state index is 0.132. The van der Waals surface area contributed by atoms with Gasteiger partial charge in [-0.05, 0) is 26.7 Å². The topological polar surface area (TPSA) is 66.0 Å². The summed E-state index contributed by atoms with van der Waals surface area (Å²) in [7, 11) is 0. The first-order valence-corrected chi connectivity index (χ1v) is 10.7. The largest absolute Gasteiger partial charge is 0.466 e. The van der Waals surface area contributed by atoms with Crippen molar-refractivity contribution in [2.45, 2.75) is 33.2 Å². The number of aryl methyl sites for hydroxylation is 1. The molecule has 3 rings (SSSR count). The summed E-state index contributed by atoms with van der Waals surface area (Å²) < 4.78 is 5.12. The molecule has 0 aromatic carbocycles. The highest BCUT2D eigenvalue weighted by molar-refractivity contribution is 7.09. The Bertz CT molecular complexity index is 643. The summed E-state index contributed by atoms with van der Waals surface area (Å²) in [4.78, 5) is 35.6. The maximum Gasteiger partial charge on any atom is 0.310 e. The number of hydrogen-bond donors (Lipinski definition) is 0. The number of carbonyl (C=O) groups excluding carboxylic acids is 2. The van der Waals surface area contributed by atoms with E-state index >= 15 is 0 Å². The van der Waals surface area contributed by atoms with Crippen LogP contribution in [0.5, 0.6) is 0 Å². The van der Waals surface area contributed by atoms with E-state index in [9.17, 15) is 9.59 Å². The Hall–Kier alpha value is -1.51. The molecule has 1 aromatic rings. The van der Waals surface area contributed by atoms with E-state index in [4.69, 9.17) is 4.74 Å². The average Bonchev–Trinajstić information content (AvgIpc) is 3.08. The number of nitrogens with zero attached hydrogens (tertiary/aromatic N) is 4. The standard InChI is InChI=1S/C19H30N4O3S/c1-3-26-19(25)16-5-4-6-23(11-16)18(24)13-22-9-7-21(8-10-22)12-17-14-27-15(2)20-17/h14,16H,3-13H2,1-2H3. The lowest BCUT2D eigenvalue weighted by atomic mass is 9.98. The molecule has 0 aliphatic carbocycles. The van der Waals surface area contributed by atoms with Crippen molar-refractivity contribution < 1.29 is 14.3 Å². The van der Waals surface area contributed by atoms with Gasteiger partial charge in [-0.25, -0.2) is 4.98 Å². The predicted octanol–water partition coefficient (Wildman–Crippen LogP) is 1.37. The van der Waals surface area contributed by atoms with Crippen molar-refractivity contribution in [3.8, 4) is 0 Å². The fourth-order valence-corrected chi connectivity index (χ4v) is 4.37. The van der Waals surface area contributed by atoms with Crippen molar-refractivity contribution in [1.82, 2.24) is 19.7 Å². The van der Waals surface area contributed by atoms with Crippen LogP contribution in [0, 0.1) is 12.8 Å². The van der Waals surface area contributed by atoms with Crippen molar-refractivity contribution >= 4 is 23.2 Å². The second-order valence-corrected chi connectivity index (χ2v) is 8.40. The molecule has 7 nitrogen and oxygen atoms in total. The summed E-state index contributed by atoms with van der Waals surface area (Å²) in [5.74, 6) is -0.200. The van der Waals surface area contributed by atoms with Crippen molar-refractivity contribution in [2.75, 3.05) is 52.4 Å². The highest BCUT2D eigenvalue weighted by Gasteiger charge is 2.30. The van der Waals surface area contributed by atoms with E-state index in [1.54, 1.807) is 11.3 Å². The maximum atomic E-state index is 12.7. The molecule has 150 valence electrons. The summed E-state index contributed by atoms with van der Waals surface area (Å²) in [5, 5.41) is 3.23. The monoisotopic (exact) mass is 394 g/mol. The van der Waals surface area contributed by atoms with Crippen LogP contribution in [0.15, 0.2) is 5.38 Å². The van der Waals surface area contributed by atoms with Gasteiger partial charge < -0.3 is 9.64 Å². The zero-order valence-corrected chi connectivity index (χ0v) is 17.2. The lowest BCUT2D eigenvalue weighted by Crippen LogP contribution is -2.51. The zero-order chi connectivity index (χ0) is 19.2. The first kappa shape index (κ1) is 20.2. The van der Waals surface area contributed by atoms with Crippen LogP contribution in [-0.2, 0) is 20.9 Å². The molecule has 0 N–H and O–H groups in total. The van der Waals surface area contributed by atoms with E-state index in [0.717, 1.165) is 62.8 Å². The van der Waals surface area contributed by atoms with Crippen LogP contribution >= 0.6 is 11.3 Å². The van der Waals surface area contributed by atoms with Gasteiger partial charge in [0.15, 0.2) is 0 Å². The van der Waals surface area contributed by atoms with Gasteiger partial charge in [0.25, 0.3) is 0 Å². The molecular formula is C19H30N4O3S. The van der Waals surface area contributed by atoms with Crippen LogP contribution in [0.1, 0.15) is 30.5 Å². The highest BCUT2D eigenvalue weighted by Crippen LogP contribution is 2.18. The molecule has 27 heavy (non-hydrogen) atoms. The normalized spacial score (nSPS) is 22.0. The predicted molar refractivity (Wildman–Crippen MR) is 105 cm³/mol. The smallest absolute Gasteiger partial charge is 0.310 e. The van der Waals surface area contributed by atoms with E-state index in [0.29, 0.717) is 19.7 Å². The fraction of sp³-hybridized carbons (Fsp3) is 0.737. The number of piperidine rings is 1. The molecular weight excluding hydrogens is 364 g/mol. The Morgan fingerprint density at radius 1 is 1.22 bits per heavy atom. The van der Waals surface area contributed by atoms with Crippen molar-refractivity contribution in [2.24, 2.45) is 5.92 Å². The summed E-state index contributed by atoms with van der Waals surface area (Å²) in [6.07, 6.45) is 1.69. The van der Waals surface area contributed by atoms with E-state index in [2.05, 4.69) is 20.2 Å². The van der Waals surface area contributed by atoms with Gasteiger partial charge in [-0.3, -0.25) is 19.4 Å². The lowest BCUT2D eigenvalue weighted by molar-refractivity contribution is -0.151. The van der Waals surface area contributed by atoms with Gasteiger partial charge in [-0.2, -0.15) is 0 Å². The quantitative estimate of drug-likeness (QED) is 0.679. The Kier molecular flexibility index (Phi) is 7.20. The van der Waals surface area contributed by atoms with Gasteiger partial charge in [0, 0.05) is 51.2 Å².